The van der Waals surface area contributed by atoms with Crippen LogP contribution in [-0.4, -0.2) is 11.5 Å². The molecule has 0 saturated carbocycles. The molecule has 0 bridgehead atoms. The van der Waals surface area contributed by atoms with Crippen LogP contribution >= 0.6 is 11.3 Å². The summed E-state index contributed by atoms with van der Waals surface area (Å²) in [4.78, 5) is 4.11. The molecule has 0 aliphatic heterocycles. The Hall–Kier alpha value is -1.76. The van der Waals surface area contributed by atoms with E-state index >= 15 is 0 Å². The Balaban J connectivity index is 1.97. The third-order valence-electron chi connectivity index (χ3n) is 2.52. The van der Waals surface area contributed by atoms with Gasteiger partial charge in [-0.05, 0) is 18.2 Å². The van der Waals surface area contributed by atoms with E-state index in [0.29, 0.717) is 18.7 Å². The summed E-state index contributed by atoms with van der Waals surface area (Å²) in [7, 11) is 0. The molecule has 0 amide bonds. The van der Waals surface area contributed by atoms with E-state index < -0.39 is 11.7 Å². The van der Waals surface area contributed by atoms with Gasteiger partial charge in [0.15, 0.2) is 0 Å². The van der Waals surface area contributed by atoms with Gasteiger partial charge >= 0.3 is 6.18 Å². The van der Waals surface area contributed by atoms with Crippen molar-refractivity contribution in [3.8, 4) is 0 Å². The van der Waals surface area contributed by atoms with Crippen molar-refractivity contribution in [3.05, 3.63) is 40.3 Å². The zero-order valence-corrected chi connectivity index (χ0v) is 10.7. The van der Waals surface area contributed by atoms with E-state index in [1.807, 2.05) is 5.38 Å². The molecule has 3 N–H and O–H groups in total. The molecule has 2 aromatic rings. The fourth-order valence-electron chi connectivity index (χ4n) is 1.58. The number of alkyl halides is 3. The second kappa shape index (κ2) is 5.48. The number of aromatic nitrogens is 1. The number of hydrogen-bond donors (Lipinski definition) is 2. The van der Waals surface area contributed by atoms with E-state index in [4.69, 9.17) is 5.73 Å². The number of anilines is 2. The van der Waals surface area contributed by atoms with Crippen molar-refractivity contribution in [2.45, 2.75) is 12.6 Å². The topological polar surface area (TPSA) is 50.9 Å². The van der Waals surface area contributed by atoms with Gasteiger partial charge in [0.25, 0.3) is 0 Å². The van der Waals surface area contributed by atoms with Crippen LogP contribution in [0.15, 0.2) is 29.8 Å². The van der Waals surface area contributed by atoms with Crippen molar-refractivity contribution >= 4 is 22.7 Å². The minimum absolute atomic E-state index is 0.0916. The average Bonchev–Trinajstić information content (AvgIpc) is 2.83. The van der Waals surface area contributed by atoms with Crippen LogP contribution in [0.1, 0.15) is 10.6 Å². The van der Waals surface area contributed by atoms with E-state index in [1.165, 1.54) is 17.4 Å². The van der Waals surface area contributed by atoms with Crippen LogP contribution in [-0.2, 0) is 12.6 Å². The molecule has 0 spiro atoms. The first-order valence-electron chi connectivity index (χ1n) is 5.56. The normalized spacial score (nSPS) is 11.5. The van der Waals surface area contributed by atoms with Gasteiger partial charge in [-0.2, -0.15) is 13.2 Å². The number of hydrogen-bond acceptors (Lipinski definition) is 4. The van der Waals surface area contributed by atoms with Crippen LogP contribution < -0.4 is 11.1 Å². The van der Waals surface area contributed by atoms with E-state index in [-0.39, 0.29) is 5.69 Å². The van der Waals surface area contributed by atoms with E-state index in [1.54, 1.807) is 6.20 Å². The molecule has 7 heteroatoms. The molecule has 0 atom stereocenters. The summed E-state index contributed by atoms with van der Waals surface area (Å²) in [6.45, 7) is 0.572. The molecule has 1 aromatic heterocycles. The Kier molecular flexibility index (Phi) is 3.94. The van der Waals surface area contributed by atoms with Crippen molar-refractivity contribution in [2.75, 3.05) is 17.6 Å². The van der Waals surface area contributed by atoms with Crippen LogP contribution in [0.2, 0.25) is 0 Å². The summed E-state index contributed by atoms with van der Waals surface area (Å²) in [6, 6.07) is 3.30. The fraction of sp³-hybridized carbons (Fsp3) is 0.250. The quantitative estimate of drug-likeness (QED) is 0.847. The van der Waals surface area contributed by atoms with Crippen molar-refractivity contribution in [3.63, 3.8) is 0 Å². The molecular formula is C12H12F3N3S. The van der Waals surface area contributed by atoms with Gasteiger partial charge in [0.1, 0.15) is 0 Å². The summed E-state index contributed by atoms with van der Waals surface area (Å²) in [6.07, 6.45) is -1.95. The number of benzene rings is 1. The lowest BCUT2D eigenvalue weighted by Crippen LogP contribution is -2.09. The predicted molar refractivity (Wildman–Crippen MR) is 70.2 cm³/mol. The number of rotatable bonds is 4. The van der Waals surface area contributed by atoms with E-state index in [9.17, 15) is 13.2 Å². The highest BCUT2D eigenvalue weighted by Crippen LogP contribution is 2.32. The van der Waals surface area contributed by atoms with Gasteiger partial charge in [0.2, 0.25) is 0 Å². The molecule has 2 rings (SSSR count). The number of nitrogens with two attached hydrogens (primary N) is 1. The molecule has 3 nitrogen and oxygen atoms in total. The minimum Gasteiger partial charge on any atom is -0.397 e. The Morgan fingerprint density at radius 3 is 2.68 bits per heavy atom. The predicted octanol–water partition coefficient (Wildman–Crippen LogP) is 3.40. The first kappa shape index (κ1) is 13.7. The number of thiazole rings is 1. The molecule has 0 saturated heterocycles. The summed E-state index contributed by atoms with van der Waals surface area (Å²) in [5.74, 6) is 0. The zero-order valence-electron chi connectivity index (χ0n) is 9.87. The van der Waals surface area contributed by atoms with Crippen LogP contribution in [0.25, 0.3) is 0 Å². The van der Waals surface area contributed by atoms with Crippen LogP contribution in [0, 0.1) is 0 Å². The SMILES string of the molecule is Nc1cc(C(F)(F)F)ccc1NCCc1nccs1. The van der Waals surface area contributed by atoms with Gasteiger partial charge in [-0.1, -0.05) is 0 Å². The minimum atomic E-state index is -4.37. The smallest absolute Gasteiger partial charge is 0.397 e. The number of nitrogens with one attached hydrogen (secondary N) is 1. The van der Waals surface area contributed by atoms with Crippen LogP contribution in [0.3, 0.4) is 0 Å². The molecule has 102 valence electrons. The number of nitrogen functional groups attached to an aromatic ring is 1. The van der Waals surface area contributed by atoms with E-state index in [2.05, 4.69) is 10.3 Å². The third-order valence-corrected chi connectivity index (χ3v) is 3.36. The lowest BCUT2D eigenvalue weighted by Gasteiger charge is -2.12. The molecule has 0 aliphatic carbocycles. The van der Waals surface area contributed by atoms with Gasteiger partial charge in [-0.15, -0.1) is 11.3 Å². The molecule has 19 heavy (non-hydrogen) atoms. The lowest BCUT2D eigenvalue weighted by atomic mass is 10.1. The summed E-state index contributed by atoms with van der Waals surface area (Å²) in [5, 5.41) is 5.85. The molecular weight excluding hydrogens is 275 g/mol. The second-order valence-electron chi connectivity index (χ2n) is 3.90. The monoisotopic (exact) mass is 287 g/mol. The fourth-order valence-corrected chi connectivity index (χ4v) is 2.20. The molecule has 0 fully saturated rings. The molecule has 0 aliphatic rings. The first-order chi connectivity index (χ1) is 8.97. The van der Waals surface area contributed by atoms with Crippen molar-refractivity contribution in [1.29, 1.82) is 0 Å². The maximum absolute atomic E-state index is 12.5. The maximum Gasteiger partial charge on any atom is 0.416 e. The Morgan fingerprint density at radius 2 is 2.11 bits per heavy atom. The zero-order chi connectivity index (χ0) is 13.9. The highest BCUT2D eigenvalue weighted by Gasteiger charge is 2.30. The summed E-state index contributed by atoms with van der Waals surface area (Å²) < 4.78 is 37.4. The van der Waals surface area contributed by atoms with Gasteiger partial charge in [-0.25, -0.2) is 4.98 Å². The van der Waals surface area contributed by atoms with Gasteiger partial charge in [-0.3, -0.25) is 0 Å². The maximum atomic E-state index is 12.5. The van der Waals surface area contributed by atoms with E-state index in [0.717, 1.165) is 17.1 Å². The Bertz CT molecular complexity index is 538. The molecule has 0 radical (unpaired) electrons. The Morgan fingerprint density at radius 1 is 1.32 bits per heavy atom. The molecule has 1 aromatic carbocycles. The van der Waals surface area contributed by atoms with Crippen molar-refractivity contribution in [2.24, 2.45) is 0 Å². The number of halogens is 3. The van der Waals surface area contributed by atoms with Crippen LogP contribution in [0.4, 0.5) is 24.5 Å². The molecule has 0 unspecified atom stereocenters. The Labute approximate surface area is 112 Å². The number of nitrogens with zero attached hydrogens (tertiary/aromatic N) is 1. The third kappa shape index (κ3) is 3.60. The highest BCUT2D eigenvalue weighted by molar-refractivity contribution is 7.09. The largest absolute Gasteiger partial charge is 0.416 e. The molecule has 1 heterocycles. The summed E-state index contributed by atoms with van der Waals surface area (Å²) >= 11 is 1.54. The van der Waals surface area contributed by atoms with Crippen molar-refractivity contribution < 1.29 is 13.2 Å². The first-order valence-corrected chi connectivity index (χ1v) is 6.44. The summed E-state index contributed by atoms with van der Waals surface area (Å²) in [5.41, 5.74) is 5.46. The standard InChI is InChI=1S/C12H12F3N3S/c13-12(14,15)8-1-2-10(9(16)7-8)17-4-3-11-18-5-6-19-11/h1-2,5-7,17H,3-4,16H2. The van der Waals surface area contributed by atoms with Crippen molar-refractivity contribution in [1.82, 2.24) is 4.98 Å². The van der Waals surface area contributed by atoms with Gasteiger partial charge < -0.3 is 11.1 Å². The van der Waals surface area contributed by atoms with Gasteiger partial charge in [0.05, 0.1) is 21.9 Å². The average molecular weight is 287 g/mol. The lowest BCUT2D eigenvalue weighted by molar-refractivity contribution is -0.137. The van der Waals surface area contributed by atoms with Gasteiger partial charge in [0, 0.05) is 24.5 Å². The van der Waals surface area contributed by atoms with Crippen LogP contribution in [0.5, 0.6) is 0 Å². The second-order valence-corrected chi connectivity index (χ2v) is 4.88. The highest BCUT2D eigenvalue weighted by atomic mass is 32.1.